The van der Waals surface area contributed by atoms with Crippen LogP contribution in [-0.2, 0) is 30.8 Å². The molecule has 0 unspecified atom stereocenters. The maximum Gasteiger partial charge on any atom is 0.276 e. The molecular weight excluding hydrogens is 821 g/mol. The van der Waals surface area contributed by atoms with Crippen LogP contribution in [0.5, 0.6) is 5.88 Å². The maximum atomic E-state index is 14.0. The minimum atomic E-state index is -0.367. The molecule has 0 spiro atoms. The lowest BCUT2D eigenvalue weighted by Crippen LogP contribution is -2.57. The summed E-state index contributed by atoms with van der Waals surface area (Å²) in [6, 6.07) is 14.6. The zero-order valence-corrected chi connectivity index (χ0v) is 37.5. The third-order valence-electron chi connectivity index (χ3n) is 13.7. The van der Waals surface area contributed by atoms with Crippen LogP contribution in [-0.4, -0.2) is 110 Å². The number of fused-ring (bicyclic) bond motifs is 4. The Labute approximate surface area is 378 Å². The van der Waals surface area contributed by atoms with Gasteiger partial charge in [0, 0.05) is 110 Å². The smallest absolute Gasteiger partial charge is 0.276 e. The van der Waals surface area contributed by atoms with E-state index < -0.39 is 0 Å². The number of piperidine rings is 1. The van der Waals surface area contributed by atoms with E-state index in [0.29, 0.717) is 64.7 Å². The fourth-order valence-corrected chi connectivity index (χ4v) is 10.6. The Bertz CT molecular complexity index is 2810. The van der Waals surface area contributed by atoms with Gasteiger partial charge in [-0.25, -0.2) is 19.9 Å². The van der Waals surface area contributed by atoms with Crippen molar-refractivity contribution in [2.45, 2.75) is 71.7 Å². The van der Waals surface area contributed by atoms with Crippen molar-refractivity contribution in [3.05, 3.63) is 102 Å². The normalized spacial score (nSPS) is 18.8. The average molecular weight is 877 g/mol. The van der Waals surface area contributed by atoms with Crippen LogP contribution in [0.3, 0.4) is 0 Å². The molecule has 336 valence electrons. The van der Waals surface area contributed by atoms with Crippen molar-refractivity contribution in [1.29, 1.82) is 0 Å². The molecule has 1 aliphatic carbocycles. The first-order chi connectivity index (χ1) is 31.5. The summed E-state index contributed by atoms with van der Waals surface area (Å²) in [5.74, 6) is 0.534. The van der Waals surface area contributed by atoms with Crippen LogP contribution in [0.25, 0.3) is 22.3 Å². The molecule has 5 aromatic heterocycles. The minimum absolute atomic E-state index is 0.137. The van der Waals surface area contributed by atoms with Crippen LogP contribution < -0.4 is 30.1 Å². The number of H-pyrrole nitrogens is 1. The number of aromatic nitrogens is 6. The number of pyridine rings is 2. The summed E-state index contributed by atoms with van der Waals surface area (Å²) in [7, 11) is 1.53. The summed E-state index contributed by atoms with van der Waals surface area (Å²) >= 11 is 0. The number of aromatic amines is 1. The van der Waals surface area contributed by atoms with E-state index in [9.17, 15) is 14.7 Å². The molecule has 8 heterocycles. The van der Waals surface area contributed by atoms with Gasteiger partial charge in [-0.3, -0.25) is 19.4 Å². The van der Waals surface area contributed by atoms with Gasteiger partial charge in [0.1, 0.15) is 17.2 Å². The Morgan fingerprint density at radius 3 is 2.62 bits per heavy atom. The number of nitrogens with one attached hydrogen (secondary N) is 3. The zero-order valence-electron chi connectivity index (χ0n) is 37.5. The van der Waals surface area contributed by atoms with Crippen LogP contribution in [0.2, 0.25) is 0 Å². The predicted octanol–water partition coefficient (Wildman–Crippen LogP) is 6.55. The van der Waals surface area contributed by atoms with Crippen LogP contribution in [0.4, 0.5) is 34.4 Å². The number of carbonyl (C=O) groups is 2. The zero-order chi connectivity index (χ0) is 45.0. The molecule has 2 fully saturated rings. The molecule has 1 aromatic carbocycles. The van der Waals surface area contributed by atoms with Crippen LogP contribution in [0.1, 0.15) is 60.9 Å². The van der Waals surface area contributed by atoms with Crippen molar-refractivity contribution in [2.24, 2.45) is 5.41 Å². The van der Waals surface area contributed by atoms with Crippen molar-refractivity contribution in [1.82, 2.24) is 34.4 Å². The summed E-state index contributed by atoms with van der Waals surface area (Å²) < 4.78 is 7.82. The number of ether oxygens (including phenoxy) is 1. The van der Waals surface area contributed by atoms with Crippen LogP contribution in [0.15, 0.2) is 79.9 Å². The van der Waals surface area contributed by atoms with Crippen molar-refractivity contribution in [3.63, 3.8) is 0 Å². The SMILES string of the molecule is C=CC(=O)Nc1cc(Nc2nc(-c3ccnc(N4CCn5c(cc6c5CC(C)(C)C6)C4=O)c3CO)cnc2OC)ccc1N1CCN(C2CCN(c3ccnc4[nH]ccc34)CC2)C[C@@H]1C. The highest BCUT2D eigenvalue weighted by Gasteiger charge is 2.38. The Balaban J connectivity index is 0.862. The van der Waals surface area contributed by atoms with Gasteiger partial charge in [-0.15, -0.1) is 0 Å². The van der Waals surface area contributed by atoms with Gasteiger partial charge in [0.25, 0.3) is 11.8 Å². The first kappa shape index (κ1) is 42.2. The van der Waals surface area contributed by atoms with Crippen molar-refractivity contribution in [3.8, 4) is 17.1 Å². The molecule has 4 aliphatic rings. The van der Waals surface area contributed by atoms with E-state index in [1.165, 1.54) is 35.5 Å². The van der Waals surface area contributed by atoms with Gasteiger partial charge in [-0.2, -0.15) is 0 Å². The first-order valence-electron chi connectivity index (χ1n) is 22.6. The largest absolute Gasteiger partial charge is 0.478 e. The highest BCUT2D eigenvalue weighted by Crippen LogP contribution is 2.41. The van der Waals surface area contributed by atoms with Gasteiger partial charge in [0.05, 0.1) is 37.0 Å². The van der Waals surface area contributed by atoms with E-state index in [1.807, 2.05) is 36.7 Å². The number of amides is 2. The fourth-order valence-electron chi connectivity index (χ4n) is 10.6. The van der Waals surface area contributed by atoms with E-state index in [1.54, 1.807) is 23.4 Å². The molecule has 3 aliphatic heterocycles. The number of carbonyl (C=O) groups excluding carboxylic acids is 2. The third-order valence-corrected chi connectivity index (χ3v) is 13.7. The van der Waals surface area contributed by atoms with Gasteiger partial charge >= 0.3 is 0 Å². The summed E-state index contributed by atoms with van der Waals surface area (Å²) in [6.07, 6.45) is 12.4. The molecule has 4 N–H and O–H groups in total. The maximum absolute atomic E-state index is 14.0. The number of aliphatic hydroxyl groups is 1. The number of anilines is 6. The lowest BCUT2D eigenvalue weighted by Gasteiger charge is -2.47. The van der Waals surface area contributed by atoms with E-state index in [-0.39, 0.29) is 35.8 Å². The summed E-state index contributed by atoms with van der Waals surface area (Å²) in [6.45, 7) is 15.8. The number of aliphatic hydroxyl groups excluding tert-OH is 1. The Hall–Kier alpha value is -6.78. The topological polar surface area (TPSA) is 173 Å². The molecular formula is C49H56N12O4. The lowest BCUT2D eigenvalue weighted by atomic mass is 9.90. The molecule has 16 heteroatoms. The highest BCUT2D eigenvalue weighted by molar-refractivity contribution is 6.06. The molecule has 6 aromatic rings. The summed E-state index contributed by atoms with van der Waals surface area (Å²) in [5, 5.41) is 18.4. The molecule has 0 saturated carbocycles. The number of benzene rings is 1. The quantitative estimate of drug-likeness (QED) is 0.104. The second-order valence-corrected chi connectivity index (χ2v) is 18.4. The van der Waals surface area contributed by atoms with Gasteiger partial charge < -0.3 is 39.8 Å². The lowest BCUT2D eigenvalue weighted by molar-refractivity contribution is -0.111. The average Bonchev–Trinajstić information content (AvgIpc) is 4.02. The molecule has 0 radical (unpaired) electrons. The number of nitrogens with zero attached hydrogens (tertiary/aromatic N) is 9. The van der Waals surface area contributed by atoms with Gasteiger partial charge in [0.15, 0.2) is 5.82 Å². The first-order valence-corrected chi connectivity index (χ1v) is 22.6. The predicted molar refractivity (Wildman–Crippen MR) is 253 cm³/mol. The van der Waals surface area contributed by atoms with E-state index in [2.05, 4.69) is 89.3 Å². The highest BCUT2D eigenvalue weighted by atomic mass is 16.5. The van der Waals surface area contributed by atoms with E-state index in [0.717, 1.165) is 69.7 Å². The molecule has 65 heavy (non-hydrogen) atoms. The molecule has 2 amide bonds. The monoisotopic (exact) mass is 876 g/mol. The number of rotatable bonds is 11. The van der Waals surface area contributed by atoms with E-state index >= 15 is 0 Å². The fraction of sp³-hybridized carbons (Fsp3) is 0.388. The number of hydrogen-bond donors (Lipinski definition) is 4. The van der Waals surface area contributed by atoms with Gasteiger partial charge in [-0.1, -0.05) is 20.4 Å². The second kappa shape index (κ2) is 17.0. The molecule has 2 saturated heterocycles. The third kappa shape index (κ3) is 7.84. The molecule has 1 atom stereocenters. The Morgan fingerprint density at radius 2 is 1.83 bits per heavy atom. The van der Waals surface area contributed by atoms with Gasteiger partial charge in [-0.05, 0) is 92.1 Å². The molecule has 10 rings (SSSR count). The van der Waals surface area contributed by atoms with Crippen molar-refractivity contribution in [2.75, 3.05) is 71.7 Å². The van der Waals surface area contributed by atoms with Gasteiger partial charge in [0.2, 0.25) is 5.91 Å². The summed E-state index contributed by atoms with van der Waals surface area (Å²) in [4.78, 5) is 57.9. The van der Waals surface area contributed by atoms with Crippen LogP contribution >= 0.6 is 0 Å². The van der Waals surface area contributed by atoms with E-state index in [4.69, 9.17) is 9.72 Å². The standard InChI is InChI=1S/C49H56N12O4/c1-6-43(63)55-37-24-32(7-8-40(37)59-20-19-58(28-30(59)2)33-12-17-57(18-13-33)39-11-16-51-44-35(39)10-14-50-44)54-45-47(65-5)53-27-38(56-45)34-9-15-52-46(36(34)29-62)61-22-21-60-41(48(61)64)23-31-25-49(3,4)26-42(31)60/h6-11,14-16,23-24,27,30,33,62H,1,12-13,17-22,25-26,28-29H2,2-5H3,(H,50,51)(H,54,56)(H,55,63)/t30-/m0/s1. The van der Waals surface area contributed by atoms with Crippen molar-refractivity contribution < 1.29 is 19.4 Å². The Morgan fingerprint density at radius 1 is 1.00 bits per heavy atom. The molecule has 16 nitrogen and oxygen atoms in total. The van der Waals surface area contributed by atoms with Crippen molar-refractivity contribution >= 4 is 57.2 Å². The Kier molecular flexibility index (Phi) is 11.0. The minimum Gasteiger partial charge on any atom is -0.478 e. The number of hydrogen-bond acceptors (Lipinski definition) is 12. The number of piperazine rings is 1. The van der Waals surface area contributed by atoms with Crippen LogP contribution in [0, 0.1) is 5.41 Å². The summed E-state index contributed by atoms with van der Waals surface area (Å²) in [5.41, 5.74) is 9.21. The molecule has 0 bridgehead atoms. The number of methoxy groups -OCH3 is 1. The second-order valence-electron chi connectivity index (χ2n) is 18.4.